The summed E-state index contributed by atoms with van der Waals surface area (Å²) < 4.78 is 12.2. The van der Waals surface area contributed by atoms with E-state index in [1.54, 1.807) is 12.1 Å². The first-order valence-corrected chi connectivity index (χ1v) is 15.9. The van der Waals surface area contributed by atoms with Crippen LogP contribution >= 0.6 is 0 Å². The van der Waals surface area contributed by atoms with Crippen molar-refractivity contribution in [3.8, 4) is 29.2 Å². The van der Waals surface area contributed by atoms with Crippen molar-refractivity contribution in [3.05, 3.63) is 101 Å². The number of rotatable bonds is 10. The minimum atomic E-state index is -0.213. The van der Waals surface area contributed by atoms with Gasteiger partial charge in [0.05, 0.1) is 24.2 Å². The van der Waals surface area contributed by atoms with Crippen molar-refractivity contribution in [2.24, 2.45) is 0 Å². The molecule has 0 spiro atoms. The van der Waals surface area contributed by atoms with Crippen LogP contribution in [0.2, 0.25) is 0 Å². The van der Waals surface area contributed by atoms with Crippen molar-refractivity contribution in [1.29, 1.82) is 5.26 Å². The molecule has 10 heteroatoms. The van der Waals surface area contributed by atoms with Gasteiger partial charge in [0.1, 0.15) is 13.2 Å². The number of carbonyl (C=O) groups excluding carboxylic acids is 1. The average molecular weight is 618 g/mol. The Kier molecular flexibility index (Phi) is 10.1. The zero-order chi connectivity index (χ0) is 31.7. The lowest BCUT2D eigenvalue weighted by atomic mass is 9.97. The van der Waals surface area contributed by atoms with E-state index >= 15 is 0 Å². The molecule has 10 nitrogen and oxygen atoms in total. The van der Waals surface area contributed by atoms with E-state index in [0.717, 1.165) is 79.8 Å². The first kappa shape index (κ1) is 31.1. The maximum absolute atomic E-state index is 13.6. The van der Waals surface area contributed by atoms with Gasteiger partial charge in [0, 0.05) is 26.2 Å². The molecule has 0 bridgehead atoms. The van der Waals surface area contributed by atoms with Gasteiger partial charge in [0.2, 0.25) is 5.91 Å². The SMILES string of the molecule is Cc1c(COc2nc(CN3CCCCC3C(=O)N3CCNCC3)nc(OCc3cccc(C#N)c3)n2)cccc1-c1ccccc1. The van der Waals surface area contributed by atoms with Crippen LogP contribution in [-0.4, -0.2) is 69.4 Å². The number of likely N-dealkylation sites (tertiary alicyclic amines) is 1. The highest BCUT2D eigenvalue weighted by Crippen LogP contribution is 2.27. The van der Waals surface area contributed by atoms with Gasteiger partial charge in [-0.25, -0.2) is 0 Å². The maximum Gasteiger partial charge on any atom is 0.323 e. The standard InChI is InChI=1S/C36H39N7O3/c1-26-30(13-8-14-31(26)29-11-3-2-4-12-29)25-46-36-40-33(39-35(41-36)45-24-28-10-7-9-27(21-28)22-37)23-43-18-6-5-15-32(43)34(44)42-19-16-38-17-20-42/h2-4,7-14,21,32,38H,5-6,15-20,23-25H2,1H3. The normalized spacial score (nSPS) is 16.9. The Balaban J connectivity index is 1.23. The molecule has 0 saturated carbocycles. The summed E-state index contributed by atoms with van der Waals surface area (Å²) in [5.41, 5.74) is 5.82. The second-order valence-electron chi connectivity index (χ2n) is 11.7. The van der Waals surface area contributed by atoms with Crippen molar-refractivity contribution in [1.82, 2.24) is 30.1 Å². The summed E-state index contributed by atoms with van der Waals surface area (Å²) >= 11 is 0. The Hall–Kier alpha value is -4.85. The van der Waals surface area contributed by atoms with Gasteiger partial charge in [0.15, 0.2) is 5.82 Å². The van der Waals surface area contributed by atoms with Gasteiger partial charge in [-0.05, 0) is 66.3 Å². The van der Waals surface area contributed by atoms with E-state index in [2.05, 4.69) is 51.4 Å². The van der Waals surface area contributed by atoms with Gasteiger partial charge in [-0.1, -0.05) is 67.1 Å². The molecule has 1 atom stereocenters. The molecule has 46 heavy (non-hydrogen) atoms. The fraction of sp³-hybridized carbons (Fsp3) is 0.361. The first-order chi connectivity index (χ1) is 22.6. The van der Waals surface area contributed by atoms with Gasteiger partial charge in [0.25, 0.3) is 0 Å². The van der Waals surface area contributed by atoms with Crippen LogP contribution < -0.4 is 14.8 Å². The van der Waals surface area contributed by atoms with Crippen molar-refractivity contribution in [2.45, 2.75) is 52.0 Å². The van der Waals surface area contributed by atoms with E-state index < -0.39 is 0 Å². The smallest absolute Gasteiger partial charge is 0.323 e. The van der Waals surface area contributed by atoms with Crippen LogP contribution in [0.1, 0.15) is 47.3 Å². The van der Waals surface area contributed by atoms with Crippen LogP contribution in [0.5, 0.6) is 12.0 Å². The summed E-state index contributed by atoms with van der Waals surface area (Å²) in [6, 6.07) is 26.0. The van der Waals surface area contributed by atoms with Crippen molar-refractivity contribution in [3.63, 3.8) is 0 Å². The first-order valence-electron chi connectivity index (χ1n) is 15.9. The average Bonchev–Trinajstić information content (AvgIpc) is 3.11. The Labute approximate surface area is 270 Å². The Morgan fingerprint density at radius 2 is 1.67 bits per heavy atom. The predicted molar refractivity (Wildman–Crippen MR) is 174 cm³/mol. The zero-order valence-corrected chi connectivity index (χ0v) is 26.2. The summed E-state index contributed by atoms with van der Waals surface area (Å²) in [5.74, 6) is 0.662. The third kappa shape index (κ3) is 7.68. The summed E-state index contributed by atoms with van der Waals surface area (Å²) in [4.78, 5) is 31.6. The van der Waals surface area contributed by atoms with Crippen molar-refractivity contribution >= 4 is 5.91 Å². The number of ether oxygens (including phenoxy) is 2. The molecule has 0 aliphatic carbocycles. The summed E-state index contributed by atoms with van der Waals surface area (Å²) in [7, 11) is 0. The minimum absolute atomic E-state index is 0.138. The number of hydrogen-bond donors (Lipinski definition) is 1. The van der Waals surface area contributed by atoms with E-state index in [1.807, 2.05) is 47.4 Å². The van der Waals surface area contributed by atoms with E-state index in [9.17, 15) is 10.1 Å². The Morgan fingerprint density at radius 1 is 0.913 bits per heavy atom. The van der Waals surface area contributed by atoms with Gasteiger partial charge < -0.3 is 19.7 Å². The Morgan fingerprint density at radius 3 is 2.46 bits per heavy atom. The third-order valence-electron chi connectivity index (χ3n) is 8.62. The van der Waals surface area contributed by atoms with Gasteiger partial charge >= 0.3 is 12.0 Å². The van der Waals surface area contributed by atoms with E-state index in [0.29, 0.717) is 17.9 Å². The van der Waals surface area contributed by atoms with Crippen LogP contribution in [0, 0.1) is 18.3 Å². The lowest BCUT2D eigenvalue weighted by Gasteiger charge is -2.38. The van der Waals surface area contributed by atoms with E-state index in [1.165, 1.54) is 0 Å². The van der Waals surface area contributed by atoms with Gasteiger partial charge in [-0.2, -0.15) is 15.2 Å². The molecular formula is C36H39N7O3. The molecule has 4 aromatic rings. The van der Waals surface area contributed by atoms with E-state index in [-0.39, 0.29) is 37.2 Å². The Bertz CT molecular complexity index is 1690. The summed E-state index contributed by atoms with van der Waals surface area (Å²) in [5, 5.41) is 12.6. The molecule has 1 unspecified atom stereocenters. The van der Waals surface area contributed by atoms with Crippen LogP contribution in [0.25, 0.3) is 11.1 Å². The summed E-state index contributed by atoms with van der Waals surface area (Å²) in [6.45, 7) is 6.80. The summed E-state index contributed by atoms with van der Waals surface area (Å²) in [6.07, 6.45) is 2.84. The second-order valence-corrected chi connectivity index (χ2v) is 11.7. The van der Waals surface area contributed by atoms with Crippen LogP contribution in [0.4, 0.5) is 0 Å². The molecule has 2 saturated heterocycles. The predicted octanol–water partition coefficient (Wildman–Crippen LogP) is 4.66. The van der Waals surface area contributed by atoms with Crippen LogP contribution in [-0.2, 0) is 24.6 Å². The molecule has 1 amide bonds. The fourth-order valence-corrected chi connectivity index (χ4v) is 6.11. The topological polar surface area (TPSA) is 117 Å². The quantitative estimate of drug-likeness (QED) is 0.271. The highest BCUT2D eigenvalue weighted by atomic mass is 16.5. The minimum Gasteiger partial charge on any atom is -0.458 e. The number of piperazine rings is 1. The van der Waals surface area contributed by atoms with Gasteiger partial charge in [-0.15, -0.1) is 4.98 Å². The lowest BCUT2D eigenvalue weighted by Crippen LogP contribution is -2.55. The number of benzene rings is 3. The van der Waals surface area contributed by atoms with Crippen molar-refractivity contribution in [2.75, 3.05) is 32.7 Å². The highest BCUT2D eigenvalue weighted by molar-refractivity contribution is 5.82. The van der Waals surface area contributed by atoms with Gasteiger partial charge in [-0.3, -0.25) is 9.69 Å². The molecule has 1 N–H and O–H groups in total. The number of nitriles is 1. The third-order valence-corrected chi connectivity index (χ3v) is 8.62. The van der Waals surface area contributed by atoms with Crippen LogP contribution in [0.15, 0.2) is 72.8 Å². The van der Waals surface area contributed by atoms with Crippen LogP contribution in [0.3, 0.4) is 0 Å². The molecular weight excluding hydrogens is 578 g/mol. The molecule has 2 aliphatic rings. The second kappa shape index (κ2) is 15.0. The molecule has 3 aromatic carbocycles. The molecule has 1 aromatic heterocycles. The molecule has 3 heterocycles. The molecule has 0 radical (unpaired) electrons. The number of piperidine rings is 1. The molecule has 2 fully saturated rings. The largest absolute Gasteiger partial charge is 0.458 e. The lowest BCUT2D eigenvalue weighted by molar-refractivity contribution is -0.139. The highest BCUT2D eigenvalue weighted by Gasteiger charge is 2.33. The maximum atomic E-state index is 13.6. The van der Waals surface area contributed by atoms with Crippen molar-refractivity contribution < 1.29 is 14.3 Å². The monoisotopic (exact) mass is 617 g/mol. The van der Waals surface area contributed by atoms with E-state index in [4.69, 9.17) is 14.5 Å². The molecule has 2 aliphatic heterocycles. The fourth-order valence-electron chi connectivity index (χ4n) is 6.11. The number of amides is 1. The number of carbonyl (C=O) groups is 1. The number of nitrogens with one attached hydrogen (secondary N) is 1. The zero-order valence-electron chi connectivity index (χ0n) is 26.2. The molecule has 6 rings (SSSR count). The molecule has 236 valence electrons. The number of aromatic nitrogens is 3. The number of nitrogens with zero attached hydrogens (tertiary/aromatic N) is 6. The number of hydrogen-bond acceptors (Lipinski definition) is 9.